The second-order valence-electron chi connectivity index (χ2n) is 3.14. The van der Waals surface area contributed by atoms with Crippen molar-refractivity contribution in [3.63, 3.8) is 0 Å². The number of alkyl halides is 1. The van der Waals surface area contributed by atoms with Crippen LogP contribution < -0.4 is 0 Å². The van der Waals surface area contributed by atoms with Crippen LogP contribution in [0.25, 0.3) is 0 Å². The number of ether oxygens (including phenoxy) is 1. The number of rotatable bonds is 4. The molecule has 0 aliphatic carbocycles. The van der Waals surface area contributed by atoms with Gasteiger partial charge in [0.25, 0.3) is 0 Å². The lowest BCUT2D eigenvalue weighted by Crippen LogP contribution is -2.19. The van der Waals surface area contributed by atoms with Gasteiger partial charge in [-0.25, -0.2) is 0 Å². The number of esters is 1. The molecule has 0 fully saturated rings. The van der Waals surface area contributed by atoms with E-state index >= 15 is 0 Å². The van der Waals surface area contributed by atoms with Gasteiger partial charge in [-0.2, -0.15) is 0 Å². The summed E-state index contributed by atoms with van der Waals surface area (Å²) in [5.41, 5.74) is 0.974. The molecule has 1 aromatic carbocycles. The average Bonchev–Trinajstić information content (AvgIpc) is 2.25. The first-order valence-corrected chi connectivity index (χ1v) is 6.88. The summed E-state index contributed by atoms with van der Waals surface area (Å²) in [6, 6.07) is 5.57. The van der Waals surface area contributed by atoms with E-state index in [0.717, 1.165) is 10.0 Å². The summed E-state index contributed by atoms with van der Waals surface area (Å²) in [6.45, 7) is 2.17. The van der Waals surface area contributed by atoms with Crippen LogP contribution >= 0.6 is 43.5 Å². The van der Waals surface area contributed by atoms with E-state index in [-0.39, 0.29) is 10.8 Å². The molecular weight excluding hydrogens is 359 g/mol. The molecule has 0 amide bonds. The average molecular weight is 370 g/mol. The third-order valence-electron chi connectivity index (χ3n) is 1.97. The van der Waals surface area contributed by atoms with E-state index in [2.05, 4.69) is 31.9 Å². The summed E-state index contributed by atoms with van der Waals surface area (Å²) in [6.07, 6.45) is 0.542. The zero-order chi connectivity index (χ0) is 12.1. The molecule has 1 unspecified atom stereocenters. The quantitative estimate of drug-likeness (QED) is 0.592. The highest BCUT2D eigenvalue weighted by atomic mass is 79.9. The Morgan fingerprint density at radius 3 is 2.88 bits per heavy atom. The largest absolute Gasteiger partial charge is 0.465 e. The first kappa shape index (κ1) is 14.0. The Labute approximate surface area is 117 Å². The molecule has 0 aliphatic heterocycles. The van der Waals surface area contributed by atoms with Crippen LogP contribution in [-0.4, -0.2) is 17.4 Å². The van der Waals surface area contributed by atoms with Crippen molar-refractivity contribution in [2.45, 2.75) is 18.2 Å². The standard InChI is InChI=1S/C11H11Br2ClO2/c1-2-16-11(15)8(12)6-7-4-3-5-9(14)10(7)13/h3-5,8H,2,6H2,1H3. The lowest BCUT2D eigenvalue weighted by atomic mass is 10.1. The Hall–Kier alpha value is -0.0600. The third-order valence-corrected chi connectivity index (χ3v) is 4.15. The number of benzene rings is 1. The molecular formula is C11H11Br2ClO2. The van der Waals surface area contributed by atoms with Crippen molar-refractivity contribution in [1.82, 2.24) is 0 Å². The van der Waals surface area contributed by atoms with Crippen molar-refractivity contribution >= 4 is 49.4 Å². The van der Waals surface area contributed by atoms with Crippen LogP contribution in [0.15, 0.2) is 22.7 Å². The zero-order valence-corrected chi connectivity index (χ0v) is 12.6. The maximum absolute atomic E-state index is 11.4. The minimum Gasteiger partial charge on any atom is -0.465 e. The molecule has 0 spiro atoms. The molecule has 16 heavy (non-hydrogen) atoms. The molecule has 0 saturated heterocycles. The molecule has 0 saturated carbocycles. The molecule has 0 radical (unpaired) electrons. The fraction of sp³-hybridized carbons (Fsp3) is 0.364. The fourth-order valence-corrected chi connectivity index (χ4v) is 2.32. The highest BCUT2D eigenvalue weighted by Crippen LogP contribution is 2.28. The molecule has 1 rings (SSSR count). The van der Waals surface area contributed by atoms with E-state index < -0.39 is 0 Å². The summed E-state index contributed by atoms with van der Waals surface area (Å²) in [4.78, 5) is 11.1. The van der Waals surface area contributed by atoms with Crippen molar-refractivity contribution in [1.29, 1.82) is 0 Å². The summed E-state index contributed by atoms with van der Waals surface area (Å²) in [7, 11) is 0. The predicted octanol–water partition coefficient (Wildman–Crippen LogP) is 3.97. The molecule has 88 valence electrons. The molecule has 2 nitrogen and oxygen atoms in total. The molecule has 5 heteroatoms. The first-order valence-electron chi connectivity index (χ1n) is 4.79. The maximum atomic E-state index is 11.4. The first-order chi connectivity index (χ1) is 7.56. The normalized spacial score (nSPS) is 12.2. The van der Waals surface area contributed by atoms with E-state index in [0.29, 0.717) is 18.1 Å². The minimum absolute atomic E-state index is 0.255. The van der Waals surface area contributed by atoms with E-state index in [1.807, 2.05) is 12.1 Å². The van der Waals surface area contributed by atoms with Gasteiger partial charge in [-0.3, -0.25) is 4.79 Å². The van der Waals surface area contributed by atoms with Gasteiger partial charge in [0.15, 0.2) is 0 Å². The molecule has 0 N–H and O–H groups in total. The molecule has 0 aromatic heterocycles. The highest BCUT2D eigenvalue weighted by molar-refractivity contribution is 9.10. The predicted molar refractivity (Wildman–Crippen MR) is 72.2 cm³/mol. The maximum Gasteiger partial charge on any atom is 0.320 e. The molecule has 1 aromatic rings. The van der Waals surface area contributed by atoms with Gasteiger partial charge in [-0.15, -0.1) is 0 Å². The van der Waals surface area contributed by atoms with Crippen LogP contribution in [-0.2, 0) is 16.0 Å². The topological polar surface area (TPSA) is 26.3 Å². The van der Waals surface area contributed by atoms with E-state index in [9.17, 15) is 4.79 Å². The van der Waals surface area contributed by atoms with Gasteiger partial charge in [0.2, 0.25) is 0 Å². The molecule has 0 aliphatic rings. The Morgan fingerprint density at radius 1 is 1.56 bits per heavy atom. The SMILES string of the molecule is CCOC(=O)C(Br)Cc1cccc(Cl)c1Br. The monoisotopic (exact) mass is 368 g/mol. The van der Waals surface area contributed by atoms with Crippen LogP contribution in [0.2, 0.25) is 5.02 Å². The second kappa shape index (κ2) is 6.62. The second-order valence-corrected chi connectivity index (χ2v) is 5.44. The van der Waals surface area contributed by atoms with Crippen LogP contribution in [0.1, 0.15) is 12.5 Å². The Kier molecular flexibility index (Phi) is 5.79. The van der Waals surface area contributed by atoms with E-state index in [1.165, 1.54) is 0 Å². The van der Waals surface area contributed by atoms with Crippen LogP contribution in [0.4, 0.5) is 0 Å². The van der Waals surface area contributed by atoms with E-state index in [1.54, 1.807) is 13.0 Å². The smallest absolute Gasteiger partial charge is 0.320 e. The minimum atomic E-state index is -0.345. The van der Waals surface area contributed by atoms with Crippen LogP contribution in [0.5, 0.6) is 0 Å². The van der Waals surface area contributed by atoms with Crippen molar-refractivity contribution < 1.29 is 9.53 Å². The Morgan fingerprint density at radius 2 is 2.25 bits per heavy atom. The third kappa shape index (κ3) is 3.75. The number of halogens is 3. The number of carbonyl (C=O) groups excluding carboxylic acids is 1. The fourth-order valence-electron chi connectivity index (χ4n) is 1.22. The molecule has 1 atom stereocenters. The Balaban J connectivity index is 2.73. The van der Waals surface area contributed by atoms with Gasteiger partial charge in [-0.1, -0.05) is 39.7 Å². The van der Waals surface area contributed by atoms with Gasteiger partial charge in [0.1, 0.15) is 4.83 Å². The Bertz CT molecular complexity index is 382. The number of carbonyl (C=O) groups is 1. The summed E-state index contributed by atoms with van der Waals surface area (Å²) >= 11 is 12.7. The van der Waals surface area contributed by atoms with E-state index in [4.69, 9.17) is 16.3 Å². The van der Waals surface area contributed by atoms with Crippen molar-refractivity contribution in [2.24, 2.45) is 0 Å². The number of hydrogen-bond acceptors (Lipinski definition) is 2. The molecule has 0 heterocycles. The van der Waals surface area contributed by atoms with Gasteiger partial charge in [0.05, 0.1) is 11.6 Å². The van der Waals surface area contributed by atoms with Gasteiger partial charge >= 0.3 is 5.97 Å². The van der Waals surface area contributed by atoms with Crippen molar-refractivity contribution in [2.75, 3.05) is 6.61 Å². The van der Waals surface area contributed by atoms with Gasteiger partial charge in [-0.05, 0) is 40.9 Å². The van der Waals surface area contributed by atoms with Crippen molar-refractivity contribution in [3.05, 3.63) is 33.3 Å². The van der Waals surface area contributed by atoms with Gasteiger partial charge < -0.3 is 4.74 Å². The van der Waals surface area contributed by atoms with Crippen molar-refractivity contribution in [3.8, 4) is 0 Å². The van der Waals surface area contributed by atoms with Crippen LogP contribution in [0.3, 0.4) is 0 Å². The lowest BCUT2D eigenvalue weighted by molar-refractivity contribution is -0.142. The van der Waals surface area contributed by atoms with Gasteiger partial charge in [0, 0.05) is 4.47 Å². The van der Waals surface area contributed by atoms with Crippen LogP contribution in [0, 0.1) is 0 Å². The zero-order valence-electron chi connectivity index (χ0n) is 8.67. The number of hydrogen-bond donors (Lipinski definition) is 0. The summed E-state index contributed by atoms with van der Waals surface area (Å²) < 4.78 is 5.74. The molecule has 0 bridgehead atoms. The lowest BCUT2D eigenvalue weighted by Gasteiger charge is -2.10. The summed E-state index contributed by atoms with van der Waals surface area (Å²) in [5.74, 6) is -0.255. The highest BCUT2D eigenvalue weighted by Gasteiger charge is 2.18. The summed E-state index contributed by atoms with van der Waals surface area (Å²) in [5, 5.41) is 0.640.